The standard InChI is InChI=1S/C15H18N2S/c1-10(16-2)14-9-18-15(17-14)13-6-4-3-5-12(13)11-7-8-11/h3-6,9-11,16H,7-8H2,1-2H3. The monoisotopic (exact) mass is 258 g/mol. The number of nitrogens with zero attached hydrogens (tertiary/aromatic N) is 1. The number of aromatic nitrogens is 1. The van der Waals surface area contributed by atoms with E-state index in [1.165, 1.54) is 24.0 Å². The van der Waals surface area contributed by atoms with Crippen LogP contribution in [0.2, 0.25) is 0 Å². The molecule has 0 saturated heterocycles. The molecule has 0 spiro atoms. The first kappa shape index (κ1) is 11.9. The smallest absolute Gasteiger partial charge is 0.123 e. The van der Waals surface area contributed by atoms with Gasteiger partial charge in [-0.3, -0.25) is 0 Å². The van der Waals surface area contributed by atoms with Gasteiger partial charge in [-0.25, -0.2) is 4.98 Å². The van der Waals surface area contributed by atoms with Gasteiger partial charge in [0.25, 0.3) is 0 Å². The van der Waals surface area contributed by atoms with Gasteiger partial charge in [-0.05, 0) is 38.3 Å². The van der Waals surface area contributed by atoms with E-state index < -0.39 is 0 Å². The molecule has 1 aliphatic rings. The molecule has 0 radical (unpaired) electrons. The van der Waals surface area contributed by atoms with E-state index in [1.807, 2.05) is 7.05 Å². The molecule has 3 heteroatoms. The number of hydrogen-bond acceptors (Lipinski definition) is 3. The molecule has 0 bridgehead atoms. The highest BCUT2D eigenvalue weighted by atomic mass is 32.1. The number of rotatable bonds is 4. The van der Waals surface area contributed by atoms with Crippen LogP contribution in [0.3, 0.4) is 0 Å². The predicted molar refractivity (Wildman–Crippen MR) is 77.0 cm³/mol. The minimum Gasteiger partial charge on any atom is -0.312 e. The molecular weight excluding hydrogens is 240 g/mol. The number of nitrogens with one attached hydrogen (secondary N) is 1. The Morgan fingerprint density at radius 2 is 2.11 bits per heavy atom. The van der Waals surface area contributed by atoms with Gasteiger partial charge in [-0.15, -0.1) is 11.3 Å². The molecular formula is C15H18N2S. The maximum Gasteiger partial charge on any atom is 0.123 e. The van der Waals surface area contributed by atoms with E-state index in [0.29, 0.717) is 6.04 Å². The second-order valence-electron chi connectivity index (χ2n) is 4.95. The Labute approximate surface area is 112 Å². The van der Waals surface area contributed by atoms with Crippen LogP contribution >= 0.6 is 11.3 Å². The molecule has 1 N–H and O–H groups in total. The Morgan fingerprint density at radius 3 is 2.83 bits per heavy atom. The minimum absolute atomic E-state index is 0.322. The molecule has 1 atom stereocenters. The van der Waals surface area contributed by atoms with Gasteiger partial charge in [0.1, 0.15) is 5.01 Å². The van der Waals surface area contributed by atoms with Crippen molar-refractivity contribution in [2.45, 2.75) is 31.7 Å². The lowest BCUT2D eigenvalue weighted by Gasteiger charge is -2.07. The second-order valence-corrected chi connectivity index (χ2v) is 5.81. The molecule has 18 heavy (non-hydrogen) atoms. The van der Waals surface area contributed by atoms with Gasteiger partial charge < -0.3 is 5.32 Å². The van der Waals surface area contributed by atoms with E-state index in [9.17, 15) is 0 Å². The Kier molecular flexibility index (Phi) is 3.18. The SMILES string of the molecule is CNC(C)c1csc(-c2ccccc2C2CC2)n1. The summed E-state index contributed by atoms with van der Waals surface area (Å²) in [5.41, 5.74) is 3.96. The van der Waals surface area contributed by atoms with Crippen molar-refractivity contribution in [2.24, 2.45) is 0 Å². The quantitative estimate of drug-likeness (QED) is 0.897. The average molecular weight is 258 g/mol. The van der Waals surface area contributed by atoms with Gasteiger partial charge in [0.15, 0.2) is 0 Å². The Morgan fingerprint density at radius 1 is 1.33 bits per heavy atom. The highest BCUT2D eigenvalue weighted by molar-refractivity contribution is 7.13. The third-order valence-electron chi connectivity index (χ3n) is 3.61. The Balaban J connectivity index is 1.97. The van der Waals surface area contributed by atoms with E-state index in [0.717, 1.165) is 16.6 Å². The molecule has 1 saturated carbocycles. The maximum atomic E-state index is 4.78. The van der Waals surface area contributed by atoms with Gasteiger partial charge in [0.05, 0.1) is 5.69 Å². The van der Waals surface area contributed by atoms with E-state index in [4.69, 9.17) is 4.98 Å². The van der Waals surface area contributed by atoms with Crippen LogP contribution in [-0.2, 0) is 0 Å². The molecule has 94 valence electrons. The van der Waals surface area contributed by atoms with Crippen LogP contribution in [0.4, 0.5) is 0 Å². The first-order valence-corrected chi connectivity index (χ1v) is 7.39. The van der Waals surface area contributed by atoms with Crippen molar-refractivity contribution in [2.75, 3.05) is 7.05 Å². The lowest BCUT2D eigenvalue weighted by atomic mass is 10.0. The summed E-state index contributed by atoms with van der Waals surface area (Å²) >= 11 is 1.75. The van der Waals surface area contributed by atoms with E-state index in [2.05, 4.69) is 41.9 Å². The summed E-state index contributed by atoms with van der Waals surface area (Å²) in [5, 5.41) is 6.57. The Bertz CT molecular complexity index is 543. The third-order valence-corrected chi connectivity index (χ3v) is 4.50. The van der Waals surface area contributed by atoms with Crippen LogP contribution in [0.5, 0.6) is 0 Å². The first-order chi connectivity index (χ1) is 8.79. The van der Waals surface area contributed by atoms with Crippen molar-refractivity contribution in [3.8, 4) is 10.6 Å². The van der Waals surface area contributed by atoms with Crippen LogP contribution in [0.1, 0.15) is 43.0 Å². The van der Waals surface area contributed by atoms with Crippen molar-refractivity contribution in [1.82, 2.24) is 10.3 Å². The molecule has 1 fully saturated rings. The molecule has 1 aromatic heterocycles. The van der Waals surface area contributed by atoms with Gasteiger partial charge in [0, 0.05) is 17.0 Å². The second kappa shape index (κ2) is 4.82. The molecule has 0 amide bonds. The van der Waals surface area contributed by atoms with E-state index in [1.54, 1.807) is 11.3 Å². The van der Waals surface area contributed by atoms with Gasteiger partial charge in [-0.1, -0.05) is 24.3 Å². The summed E-state index contributed by atoms with van der Waals surface area (Å²) in [6.07, 6.45) is 2.67. The summed E-state index contributed by atoms with van der Waals surface area (Å²) in [7, 11) is 1.97. The molecule has 3 rings (SSSR count). The van der Waals surface area contributed by atoms with Crippen molar-refractivity contribution in [3.63, 3.8) is 0 Å². The zero-order valence-electron chi connectivity index (χ0n) is 10.8. The minimum atomic E-state index is 0.322. The lowest BCUT2D eigenvalue weighted by molar-refractivity contribution is 0.637. The molecule has 1 heterocycles. The van der Waals surface area contributed by atoms with Crippen LogP contribution < -0.4 is 5.32 Å². The van der Waals surface area contributed by atoms with Gasteiger partial charge >= 0.3 is 0 Å². The molecule has 1 aliphatic carbocycles. The highest BCUT2D eigenvalue weighted by Gasteiger charge is 2.26. The third kappa shape index (κ3) is 2.20. The maximum absolute atomic E-state index is 4.78. The first-order valence-electron chi connectivity index (χ1n) is 6.51. The highest BCUT2D eigenvalue weighted by Crippen LogP contribution is 2.44. The zero-order chi connectivity index (χ0) is 12.5. The van der Waals surface area contributed by atoms with E-state index >= 15 is 0 Å². The fourth-order valence-corrected chi connectivity index (χ4v) is 3.16. The van der Waals surface area contributed by atoms with Crippen molar-refractivity contribution in [3.05, 3.63) is 40.9 Å². The lowest BCUT2D eigenvalue weighted by Crippen LogP contribution is -2.12. The van der Waals surface area contributed by atoms with Gasteiger partial charge in [-0.2, -0.15) is 0 Å². The number of benzene rings is 1. The van der Waals surface area contributed by atoms with Crippen molar-refractivity contribution < 1.29 is 0 Å². The summed E-state index contributed by atoms with van der Waals surface area (Å²) in [4.78, 5) is 4.78. The van der Waals surface area contributed by atoms with Crippen molar-refractivity contribution >= 4 is 11.3 Å². The van der Waals surface area contributed by atoms with Crippen LogP contribution in [0.15, 0.2) is 29.6 Å². The van der Waals surface area contributed by atoms with Crippen LogP contribution in [-0.4, -0.2) is 12.0 Å². The largest absolute Gasteiger partial charge is 0.312 e. The zero-order valence-corrected chi connectivity index (χ0v) is 11.6. The van der Waals surface area contributed by atoms with Crippen LogP contribution in [0.25, 0.3) is 10.6 Å². The normalized spacial score (nSPS) is 16.8. The summed E-state index contributed by atoms with van der Waals surface area (Å²) in [6.45, 7) is 2.14. The average Bonchev–Trinajstić information content (AvgIpc) is 3.15. The van der Waals surface area contributed by atoms with Crippen LogP contribution in [0, 0.1) is 0 Å². The summed E-state index contributed by atoms with van der Waals surface area (Å²) in [6, 6.07) is 9.05. The Hall–Kier alpha value is -1.19. The fourth-order valence-electron chi connectivity index (χ4n) is 2.20. The summed E-state index contributed by atoms with van der Waals surface area (Å²) in [5.74, 6) is 0.773. The predicted octanol–water partition coefficient (Wildman–Crippen LogP) is 3.97. The molecule has 2 aromatic rings. The number of hydrogen-bond donors (Lipinski definition) is 1. The molecule has 2 nitrogen and oxygen atoms in total. The van der Waals surface area contributed by atoms with Gasteiger partial charge in [0.2, 0.25) is 0 Å². The molecule has 1 unspecified atom stereocenters. The molecule has 0 aliphatic heterocycles. The van der Waals surface area contributed by atoms with E-state index in [-0.39, 0.29) is 0 Å². The van der Waals surface area contributed by atoms with Crippen molar-refractivity contribution in [1.29, 1.82) is 0 Å². The fraction of sp³-hybridized carbons (Fsp3) is 0.400. The summed E-state index contributed by atoms with van der Waals surface area (Å²) < 4.78 is 0. The topological polar surface area (TPSA) is 24.9 Å². The molecule has 1 aromatic carbocycles. The number of thiazole rings is 1.